The number of benzene rings is 1. The second-order valence-corrected chi connectivity index (χ2v) is 48.7. The molecule has 16 bridgehead atoms. The first-order valence-electron chi connectivity index (χ1n) is 48.8. The van der Waals surface area contributed by atoms with Crippen molar-refractivity contribution >= 4 is 58.2 Å². The molecule has 1 aromatic carbocycles. The van der Waals surface area contributed by atoms with Gasteiger partial charge in [-0.15, -0.1) is 0 Å². The van der Waals surface area contributed by atoms with Gasteiger partial charge in [0.05, 0.1) is 72.3 Å². The molecule has 18 N–H and O–H groups in total. The van der Waals surface area contributed by atoms with E-state index in [9.17, 15) is 63.9 Å². The van der Waals surface area contributed by atoms with Gasteiger partial charge in [-0.25, -0.2) is 26.3 Å². The summed E-state index contributed by atoms with van der Waals surface area (Å²) < 4.78 is 0. The molecule has 20 saturated carbocycles. The maximum atomic E-state index is 14.4. The van der Waals surface area contributed by atoms with Crippen LogP contribution >= 0.6 is 0 Å². The van der Waals surface area contributed by atoms with Gasteiger partial charge in [-0.05, 0) is 287 Å². The SMILES string of the molecule is [C-]#[N+]C1CC2(C)CC2N1C(=O)C(NC(=O)C(C)N)C12CC3CC(CC(O)(C3)C1)C2.[C-]#[N+]C1CC2(C)CC2N1C(=O)C(NC(=O)C(N)C(C)C)C12CC3CC(CC(O)(C3)C1)C2.[C-]#[N+]C1CC2(C)CC2N1C(=O)C(NC(=O)C(N)C(C)O)C12CC3CC(CC(O)(C3)C1)C2.[C-]#[N+]C1CC2(C)CC2N1C(=O)C(NC(=O)C(N)Cc1c[nH]c2ccccc12)C12CC3CC(CC(O)(C3)C1)C2. The topological polar surface area (TPSA) is 436 Å². The Hall–Kier alpha value is -7.88. The van der Waals surface area contributed by atoms with Gasteiger partial charge < -0.3 is 74.7 Å². The fourth-order valence-corrected chi connectivity index (χ4v) is 32.8. The highest BCUT2D eigenvalue weighted by molar-refractivity contribution is 5.95. The van der Waals surface area contributed by atoms with Crippen LogP contribution in [0, 0.1) is 123 Å². The molecule has 0 radical (unpaired) electrons. The Morgan fingerprint density at radius 2 is 0.674 bits per heavy atom. The summed E-state index contributed by atoms with van der Waals surface area (Å²) in [5, 5.41) is 68.2. The number of para-hydroxylation sites is 1. The second-order valence-electron chi connectivity index (χ2n) is 48.7. The molecule has 8 amide bonds. The first-order chi connectivity index (χ1) is 60.7. The molecule has 129 heavy (non-hydrogen) atoms. The van der Waals surface area contributed by atoms with E-state index in [1.165, 1.54) is 6.92 Å². The molecule has 30 heteroatoms. The number of carbonyl (C=O) groups is 8. The number of aliphatic hydroxyl groups excluding tert-OH is 1. The molecule has 24 fully saturated rings. The summed E-state index contributed by atoms with van der Waals surface area (Å²) in [4.78, 5) is 134. The zero-order valence-electron chi connectivity index (χ0n) is 76.6. The molecule has 29 unspecified atom stereocenters. The van der Waals surface area contributed by atoms with E-state index in [4.69, 9.17) is 49.2 Å². The van der Waals surface area contributed by atoms with Crippen molar-refractivity contribution in [3.63, 3.8) is 0 Å². The summed E-state index contributed by atoms with van der Waals surface area (Å²) in [5.74, 6) is 0.912. The quantitative estimate of drug-likeness (QED) is 0.0577. The number of nitrogens with zero attached hydrogens (tertiary/aromatic N) is 8. The van der Waals surface area contributed by atoms with Gasteiger partial charge >= 0.3 is 24.7 Å². The number of aliphatic hydroxyl groups is 5. The Kier molecular flexibility index (Phi) is 21.8. The fourth-order valence-electron chi connectivity index (χ4n) is 32.8. The van der Waals surface area contributed by atoms with Crippen molar-refractivity contribution in [2.24, 2.45) is 120 Å². The molecule has 30 nitrogen and oxygen atoms in total. The molecule has 24 aliphatic rings. The van der Waals surface area contributed by atoms with Crippen LogP contribution < -0.4 is 44.2 Å². The summed E-state index contributed by atoms with van der Waals surface area (Å²) in [5.41, 5.74) is 21.5. The van der Waals surface area contributed by atoms with E-state index in [2.05, 4.69) is 73.3 Å². The van der Waals surface area contributed by atoms with Gasteiger partial charge in [-0.2, -0.15) is 0 Å². The number of aromatic nitrogens is 1. The van der Waals surface area contributed by atoms with E-state index in [0.29, 0.717) is 105 Å². The van der Waals surface area contributed by atoms with Crippen LogP contribution in [0.2, 0.25) is 0 Å². The predicted molar refractivity (Wildman–Crippen MR) is 476 cm³/mol. The molecule has 5 heterocycles. The average molecular weight is 1780 g/mol. The van der Waals surface area contributed by atoms with Gasteiger partial charge in [-0.3, -0.25) is 77.3 Å². The van der Waals surface area contributed by atoms with Gasteiger partial charge in [-0.1, -0.05) is 59.7 Å². The lowest BCUT2D eigenvalue weighted by Crippen LogP contribution is -2.67. The minimum absolute atomic E-state index is 0.00481. The van der Waals surface area contributed by atoms with Crippen molar-refractivity contribution in [1.82, 2.24) is 45.9 Å². The lowest BCUT2D eigenvalue weighted by Gasteiger charge is -2.62. The van der Waals surface area contributed by atoms with Crippen LogP contribution in [0.1, 0.15) is 266 Å². The van der Waals surface area contributed by atoms with Gasteiger partial charge in [0.25, 0.3) is 23.6 Å². The molecule has 26 rings (SSSR count). The summed E-state index contributed by atoms with van der Waals surface area (Å²) in [6, 6.07) is 1.88. The number of fused-ring (bicyclic) bond motifs is 5. The Bertz CT molecular complexity index is 4890. The van der Waals surface area contributed by atoms with Crippen LogP contribution in [-0.4, -0.2) is 223 Å². The Balaban J connectivity index is 0.000000112. The number of nitrogens with two attached hydrogens (primary N) is 4. The Morgan fingerprint density at radius 3 is 0.938 bits per heavy atom. The summed E-state index contributed by atoms with van der Waals surface area (Å²) in [6.45, 7) is 46.1. The second kappa shape index (κ2) is 31.1. The largest absolute Gasteiger partial charge is 0.391 e. The fraction of sp³-hybridized carbons (Fsp3) is 0.798. The van der Waals surface area contributed by atoms with Gasteiger partial charge in [0.15, 0.2) is 0 Å². The number of carbonyl (C=O) groups excluding carboxylic acids is 8. The number of hydrogen-bond donors (Lipinski definition) is 14. The van der Waals surface area contributed by atoms with Crippen LogP contribution in [0.3, 0.4) is 0 Å². The maximum absolute atomic E-state index is 14.4. The van der Waals surface area contributed by atoms with E-state index in [1.54, 1.807) is 26.5 Å². The number of piperidine rings is 4. The standard InChI is InChI=1S/C30H37N5O3.C24H36N4O3.C23H34N4O4.C22H32N4O3/c1-28-13-23(28)35(24(14-28)32-2)27(37)25(29-9-17-7-18(10-29)12-30(38,11-17)16-29)34-26(36)21(31)8-19-15-33-22-6-4-3-5-20(19)22;1-13(2)18(25)20(29)27-19(21(30)28-16-10-22(16,3)11-17(28)26-4)23-6-14-5-15(7-23)9-24(31,8-14)12-23;1-12(28)17(24)19(29)26-18(20(30)27-15-9-21(15,2)10-16(27)25-3)22-5-13-4-14(6-22)8-23(31,7-13)11-22;1-12(23)18(27)25-17(19(28)26-15-9-20(15,2)10-16(26)24-3)21-5-13-4-14(6-21)8-22(29,7-13)11-21/h3-6,15,17-18,21,23-25,33,38H,7-14,16,31H2,1H3,(H,34,36);13-19,31H,5-12,25H2,1-3H3,(H,27,29);12-18,28,31H,4-11,24H2,1-2H3,(H,26,29);12-17,29H,4-11,23H2,1-2H3,(H,25,27). The van der Waals surface area contributed by atoms with Crippen LogP contribution in [0.15, 0.2) is 30.5 Å². The number of nitrogens with one attached hydrogen (secondary N) is 5. The van der Waals surface area contributed by atoms with Gasteiger partial charge in [0, 0.05) is 62.9 Å². The van der Waals surface area contributed by atoms with Crippen LogP contribution in [0.5, 0.6) is 0 Å². The Labute approximate surface area is 758 Å². The molecule has 20 aliphatic carbocycles. The lowest BCUT2D eigenvalue weighted by molar-refractivity contribution is -0.182. The van der Waals surface area contributed by atoms with Crippen LogP contribution in [-0.2, 0) is 44.8 Å². The first kappa shape index (κ1) is 90.3. The molecule has 29 atom stereocenters. The van der Waals surface area contributed by atoms with Crippen molar-refractivity contribution in [2.45, 2.75) is 393 Å². The highest BCUT2D eigenvalue weighted by Gasteiger charge is 2.75. The number of aromatic amines is 1. The summed E-state index contributed by atoms with van der Waals surface area (Å²) >= 11 is 0. The van der Waals surface area contributed by atoms with E-state index in [-0.39, 0.29) is 93.1 Å². The number of amides is 8. The van der Waals surface area contributed by atoms with Gasteiger partial charge in [0.2, 0.25) is 23.6 Å². The third kappa shape index (κ3) is 15.6. The maximum Gasteiger partial charge on any atom is 0.301 e. The zero-order chi connectivity index (χ0) is 91.9. The molecule has 4 aliphatic heterocycles. The van der Waals surface area contributed by atoms with Crippen molar-refractivity contribution in [2.75, 3.05) is 0 Å². The van der Waals surface area contributed by atoms with Crippen molar-refractivity contribution in [3.05, 3.63) is 81.7 Å². The third-order valence-corrected chi connectivity index (χ3v) is 37.6. The molecule has 0 spiro atoms. The van der Waals surface area contributed by atoms with E-state index >= 15 is 0 Å². The molecule has 1 aromatic heterocycles. The smallest absolute Gasteiger partial charge is 0.301 e. The van der Waals surface area contributed by atoms with Crippen LogP contribution in [0.4, 0.5) is 0 Å². The van der Waals surface area contributed by atoms with Crippen molar-refractivity contribution < 1.29 is 63.9 Å². The zero-order valence-corrected chi connectivity index (χ0v) is 76.6. The number of hydrogen-bond acceptors (Lipinski definition) is 17. The van der Waals surface area contributed by atoms with Gasteiger partial charge in [0.1, 0.15) is 30.2 Å². The summed E-state index contributed by atoms with van der Waals surface area (Å²) in [6.07, 6.45) is 25.3. The molecule has 2 aromatic rings. The third-order valence-electron chi connectivity index (χ3n) is 37.6. The van der Waals surface area contributed by atoms with Crippen molar-refractivity contribution in [1.29, 1.82) is 0 Å². The van der Waals surface area contributed by atoms with E-state index < -0.39 is 129 Å². The molecule has 698 valence electrons. The van der Waals surface area contributed by atoms with Crippen LogP contribution in [0.25, 0.3) is 30.3 Å². The van der Waals surface area contributed by atoms with E-state index in [0.717, 1.165) is 171 Å². The summed E-state index contributed by atoms with van der Waals surface area (Å²) in [7, 11) is 0. The monoisotopic (exact) mass is 1770 g/mol. The minimum Gasteiger partial charge on any atom is -0.391 e. The normalized spacial score (nSPS) is 45.2. The molecule has 4 saturated heterocycles. The van der Waals surface area contributed by atoms with Crippen molar-refractivity contribution in [3.8, 4) is 0 Å². The molecular formula is C99H139N17O13. The first-order valence-corrected chi connectivity index (χ1v) is 48.8. The predicted octanol–water partition coefficient (Wildman–Crippen LogP) is 7.33. The highest BCUT2D eigenvalue weighted by atomic mass is 16.3. The van der Waals surface area contributed by atoms with E-state index in [1.807, 2.05) is 44.3 Å². The minimum atomic E-state index is -1.13. The molecular weight excluding hydrogens is 1640 g/mol. The number of rotatable bonds is 20. The number of likely N-dealkylation sites (tertiary alicyclic amines) is 4. The highest BCUT2D eigenvalue weighted by Crippen LogP contribution is 2.71. The lowest BCUT2D eigenvalue weighted by atomic mass is 9.46. The average Bonchev–Trinajstić information content (AvgIpc) is 1.60. The number of H-pyrrole nitrogens is 1. The Morgan fingerprint density at radius 1 is 0.403 bits per heavy atom.